The molecule has 0 atom stereocenters. The third kappa shape index (κ3) is 3.16. The van der Waals surface area contributed by atoms with Gasteiger partial charge in [0.1, 0.15) is 11.6 Å². The fourth-order valence-electron chi connectivity index (χ4n) is 2.04. The summed E-state index contributed by atoms with van der Waals surface area (Å²) in [5.41, 5.74) is 3.46. The standard InChI is InChI=1S/C17H23N3/c1-11(2)13-6-8-14(9-7-13)15-10-16(18-5)20-17(19-15)12(3)4/h6-12H,1-5H3,(H,18,19,20). The first-order valence-corrected chi connectivity index (χ1v) is 7.18. The highest BCUT2D eigenvalue weighted by molar-refractivity contribution is 5.63. The Morgan fingerprint density at radius 3 is 2.05 bits per heavy atom. The van der Waals surface area contributed by atoms with Crippen molar-refractivity contribution in [3.63, 3.8) is 0 Å². The molecule has 1 aromatic heterocycles. The van der Waals surface area contributed by atoms with Gasteiger partial charge in [0, 0.05) is 24.6 Å². The van der Waals surface area contributed by atoms with Crippen molar-refractivity contribution in [2.75, 3.05) is 12.4 Å². The van der Waals surface area contributed by atoms with Crippen LogP contribution in [0.3, 0.4) is 0 Å². The van der Waals surface area contributed by atoms with Gasteiger partial charge in [-0.25, -0.2) is 9.97 Å². The van der Waals surface area contributed by atoms with Crippen LogP contribution >= 0.6 is 0 Å². The first kappa shape index (κ1) is 14.5. The molecular weight excluding hydrogens is 246 g/mol. The Morgan fingerprint density at radius 2 is 1.55 bits per heavy atom. The van der Waals surface area contributed by atoms with E-state index in [0.29, 0.717) is 11.8 Å². The predicted molar refractivity (Wildman–Crippen MR) is 85.2 cm³/mol. The average molecular weight is 269 g/mol. The van der Waals surface area contributed by atoms with Crippen molar-refractivity contribution in [3.05, 3.63) is 41.7 Å². The van der Waals surface area contributed by atoms with E-state index in [0.717, 1.165) is 22.9 Å². The van der Waals surface area contributed by atoms with Crippen LogP contribution in [0.2, 0.25) is 0 Å². The lowest BCUT2D eigenvalue weighted by molar-refractivity contribution is 0.777. The molecule has 1 heterocycles. The van der Waals surface area contributed by atoms with Gasteiger partial charge in [0.05, 0.1) is 5.69 Å². The van der Waals surface area contributed by atoms with Crippen molar-refractivity contribution in [1.29, 1.82) is 0 Å². The van der Waals surface area contributed by atoms with Crippen LogP contribution < -0.4 is 5.32 Å². The van der Waals surface area contributed by atoms with Gasteiger partial charge in [0.15, 0.2) is 0 Å². The number of nitrogens with one attached hydrogen (secondary N) is 1. The number of rotatable bonds is 4. The molecule has 2 aromatic rings. The van der Waals surface area contributed by atoms with Crippen LogP contribution in [0.15, 0.2) is 30.3 Å². The van der Waals surface area contributed by atoms with E-state index in [-0.39, 0.29) is 0 Å². The second-order valence-corrected chi connectivity index (χ2v) is 5.68. The van der Waals surface area contributed by atoms with Crippen LogP contribution in [0, 0.1) is 0 Å². The maximum atomic E-state index is 4.67. The zero-order valence-corrected chi connectivity index (χ0v) is 12.9. The smallest absolute Gasteiger partial charge is 0.133 e. The molecule has 20 heavy (non-hydrogen) atoms. The minimum atomic E-state index is 0.317. The lowest BCUT2D eigenvalue weighted by atomic mass is 10.0. The zero-order valence-electron chi connectivity index (χ0n) is 12.9. The fraction of sp³-hybridized carbons (Fsp3) is 0.412. The Hall–Kier alpha value is -1.90. The van der Waals surface area contributed by atoms with Gasteiger partial charge in [-0.3, -0.25) is 0 Å². The van der Waals surface area contributed by atoms with Crippen LogP contribution in [0.4, 0.5) is 5.82 Å². The van der Waals surface area contributed by atoms with Gasteiger partial charge in [-0.05, 0) is 11.5 Å². The number of aromatic nitrogens is 2. The third-order valence-electron chi connectivity index (χ3n) is 3.39. The molecule has 0 aliphatic carbocycles. The molecule has 3 heteroatoms. The first-order chi connectivity index (χ1) is 9.51. The van der Waals surface area contributed by atoms with E-state index in [1.165, 1.54) is 5.56 Å². The summed E-state index contributed by atoms with van der Waals surface area (Å²) < 4.78 is 0. The van der Waals surface area contributed by atoms with Crippen LogP contribution in [-0.4, -0.2) is 17.0 Å². The quantitative estimate of drug-likeness (QED) is 0.892. The van der Waals surface area contributed by atoms with E-state index < -0.39 is 0 Å². The summed E-state index contributed by atoms with van der Waals surface area (Å²) in [4.78, 5) is 9.17. The molecule has 0 unspecified atom stereocenters. The molecule has 1 N–H and O–H groups in total. The second kappa shape index (κ2) is 6.04. The molecule has 2 rings (SSSR count). The highest BCUT2D eigenvalue weighted by atomic mass is 15.0. The van der Waals surface area contributed by atoms with Gasteiger partial charge >= 0.3 is 0 Å². The van der Waals surface area contributed by atoms with Crippen LogP contribution in [-0.2, 0) is 0 Å². The van der Waals surface area contributed by atoms with Gasteiger partial charge in [0.25, 0.3) is 0 Å². The molecular formula is C17H23N3. The average Bonchev–Trinajstić information content (AvgIpc) is 2.46. The molecule has 0 fully saturated rings. The summed E-state index contributed by atoms with van der Waals surface area (Å²) in [5.74, 6) is 2.61. The van der Waals surface area contributed by atoms with Gasteiger partial charge in [-0.1, -0.05) is 52.0 Å². The molecule has 106 valence electrons. The van der Waals surface area contributed by atoms with E-state index in [2.05, 4.69) is 67.2 Å². The normalized spacial score (nSPS) is 11.2. The zero-order chi connectivity index (χ0) is 14.7. The van der Waals surface area contributed by atoms with E-state index in [1.807, 2.05) is 13.1 Å². The van der Waals surface area contributed by atoms with Crippen molar-refractivity contribution in [1.82, 2.24) is 9.97 Å². The molecule has 0 spiro atoms. The van der Waals surface area contributed by atoms with Crippen molar-refractivity contribution in [2.45, 2.75) is 39.5 Å². The van der Waals surface area contributed by atoms with Gasteiger partial charge in [-0.15, -0.1) is 0 Å². The SMILES string of the molecule is CNc1cc(-c2ccc(C(C)C)cc2)nc(C(C)C)n1. The molecule has 0 aliphatic heterocycles. The van der Waals surface area contributed by atoms with Crippen molar-refractivity contribution in [3.8, 4) is 11.3 Å². The molecule has 3 nitrogen and oxygen atoms in total. The lowest BCUT2D eigenvalue weighted by Crippen LogP contribution is -2.03. The lowest BCUT2D eigenvalue weighted by Gasteiger charge is -2.11. The van der Waals surface area contributed by atoms with Crippen molar-refractivity contribution >= 4 is 5.82 Å². The number of nitrogens with zero attached hydrogens (tertiary/aromatic N) is 2. The van der Waals surface area contributed by atoms with Crippen LogP contribution in [0.5, 0.6) is 0 Å². The minimum Gasteiger partial charge on any atom is -0.373 e. The van der Waals surface area contributed by atoms with Crippen molar-refractivity contribution in [2.24, 2.45) is 0 Å². The number of hydrogen-bond donors (Lipinski definition) is 1. The second-order valence-electron chi connectivity index (χ2n) is 5.68. The molecule has 0 saturated heterocycles. The Kier molecular flexibility index (Phi) is 4.38. The van der Waals surface area contributed by atoms with Crippen molar-refractivity contribution < 1.29 is 0 Å². The summed E-state index contributed by atoms with van der Waals surface area (Å²) >= 11 is 0. The Labute approximate surface area is 121 Å². The van der Waals surface area contributed by atoms with Gasteiger partial charge < -0.3 is 5.32 Å². The van der Waals surface area contributed by atoms with Gasteiger partial charge in [-0.2, -0.15) is 0 Å². The number of anilines is 1. The maximum absolute atomic E-state index is 4.67. The minimum absolute atomic E-state index is 0.317. The largest absolute Gasteiger partial charge is 0.373 e. The highest BCUT2D eigenvalue weighted by Crippen LogP contribution is 2.24. The number of benzene rings is 1. The summed E-state index contributed by atoms with van der Waals surface area (Å²) in [5, 5.41) is 3.11. The molecule has 0 saturated carbocycles. The summed E-state index contributed by atoms with van der Waals surface area (Å²) in [7, 11) is 1.89. The van der Waals surface area contributed by atoms with E-state index in [1.54, 1.807) is 0 Å². The number of hydrogen-bond acceptors (Lipinski definition) is 3. The van der Waals surface area contributed by atoms with Crippen LogP contribution in [0.1, 0.15) is 50.9 Å². The monoisotopic (exact) mass is 269 g/mol. The Bertz CT molecular complexity index is 571. The molecule has 1 aromatic carbocycles. The summed E-state index contributed by atoms with van der Waals surface area (Å²) in [6.45, 7) is 8.63. The molecule has 0 bridgehead atoms. The van der Waals surface area contributed by atoms with E-state index in [4.69, 9.17) is 0 Å². The summed E-state index contributed by atoms with van der Waals surface area (Å²) in [6.07, 6.45) is 0. The molecule has 0 amide bonds. The first-order valence-electron chi connectivity index (χ1n) is 7.18. The Balaban J connectivity index is 2.43. The van der Waals surface area contributed by atoms with Gasteiger partial charge in [0.2, 0.25) is 0 Å². The third-order valence-corrected chi connectivity index (χ3v) is 3.39. The predicted octanol–water partition coefficient (Wildman–Crippen LogP) is 4.43. The Morgan fingerprint density at radius 1 is 0.900 bits per heavy atom. The van der Waals surface area contributed by atoms with E-state index in [9.17, 15) is 0 Å². The fourth-order valence-corrected chi connectivity index (χ4v) is 2.04. The van der Waals surface area contributed by atoms with E-state index >= 15 is 0 Å². The summed E-state index contributed by atoms with van der Waals surface area (Å²) in [6, 6.07) is 10.6. The topological polar surface area (TPSA) is 37.8 Å². The molecule has 0 radical (unpaired) electrons. The maximum Gasteiger partial charge on any atom is 0.133 e. The van der Waals surface area contributed by atoms with Crippen LogP contribution in [0.25, 0.3) is 11.3 Å². The molecule has 0 aliphatic rings. The highest BCUT2D eigenvalue weighted by Gasteiger charge is 2.09.